The molecule has 1 aliphatic heterocycles. The quantitative estimate of drug-likeness (QED) is 0.753. The van der Waals surface area contributed by atoms with Crippen LogP contribution in [0.2, 0.25) is 0 Å². The Morgan fingerprint density at radius 3 is 2.46 bits per heavy atom. The first-order valence-electron chi connectivity index (χ1n) is 9.27. The van der Waals surface area contributed by atoms with Crippen LogP contribution in [0.15, 0.2) is 76.5 Å². The second-order valence-corrected chi connectivity index (χ2v) is 8.94. The van der Waals surface area contributed by atoms with Gasteiger partial charge in [0.05, 0.1) is 16.4 Å². The third-order valence-corrected chi connectivity index (χ3v) is 6.65. The number of allylic oxidation sites excluding steroid dienone is 1. The van der Waals surface area contributed by atoms with Crippen LogP contribution in [0, 0.1) is 12.3 Å². The first kappa shape index (κ1) is 20.3. The van der Waals surface area contributed by atoms with Gasteiger partial charge in [0, 0.05) is 13.6 Å². The summed E-state index contributed by atoms with van der Waals surface area (Å²) in [6.07, 6.45) is 1.85. The number of amidine groups is 1. The number of benzene rings is 2. The summed E-state index contributed by atoms with van der Waals surface area (Å²) in [4.78, 5) is 1.97. The number of rotatable bonds is 6. The maximum Gasteiger partial charge on any atom is 0.283 e. The Bertz CT molecular complexity index is 969. The Morgan fingerprint density at radius 2 is 1.86 bits per heavy atom. The van der Waals surface area contributed by atoms with Crippen LogP contribution in [0.1, 0.15) is 30.1 Å². The average Bonchev–Trinajstić information content (AvgIpc) is 2.99. The van der Waals surface area contributed by atoms with Gasteiger partial charge in [-0.15, -0.1) is 11.0 Å². The SMILES string of the molecule is C=CC[C@@]1([C@H](O)c2ccccc2)CCN(C)/C1=N\S(=O)(=O)c1ccc(C)cc1. The van der Waals surface area contributed by atoms with Gasteiger partial charge < -0.3 is 10.0 Å². The lowest BCUT2D eigenvalue weighted by Crippen LogP contribution is -2.38. The van der Waals surface area contributed by atoms with Crippen molar-refractivity contribution in [2.45, 2.75) is 30.8 Å². The summed E-state index contributed by atoms with van der Waals surface area (Å²) >= 11 is 0. The molecule has 0 unspecified atom stereocenters. The molecule has 1 heterocycles. The van der Waals surface area contributed by atoms with Gasteiger partial charge in [0.25, 0.3) is 10.0 Å². The van der Waals surface area contributed by atoms with E-state index in [1.54, 1.807) is 30.3 Å². The van der Waals surface area contributed by atoms with Crippen molar-refractivity contribution in [3.8, 4) is 0 Å². The van der Waals surface area contributed by atoms with Crippen LogP contribution in [0.3, 0.4) is 0 Å². The molecule has 2 aromatic rings. The molecule has 1 N–H and O–H groups in total. The predicted molar refractivity (Wildman–Crippen MR) is 112 cm³/mol. The largest absolute Gasteiger partial charge is 0.387 e. The Balaban J connectivity index is 2.11. The first-order chi connectivity index (χ1) is 13.3. The zero-order valence-corrected chi connectivity index (χ0v) is 17.1. The van der Waals surface area contributed by atoms with Crippen LogP contribution in [0.5, 0.6) is 0 Å². The Morgan fingerprint density at radius 1 is 1.21 bits per heavy atom. The predicted octanol–water partition coefficient (Wildman–Crippen LogP) is 3.71. The molecular weight excluding hydrogens is 372 g/mol. The van der Waals surface area contributed by atoms with Gasteiger partial charge in [-0.2, -0.15) is 8.42 Å². The van der Waals surface area contributed by atoms with Crippen molar-refractivity contribution in [1.82, 2.24) is 4.90 Å². The summed E-state index contributed by atoms with van der Waals surface area (Å²) in [7, 11) is -2.09. The molecule has 5 nitrogen and oxygen atoms in total. The zero-order chi connectivity index (χ0) is 20.4. The highest BCUT2D eigenvalue weighted by atomic mass is 32.2. The molecule has 6 heteroatoms. The smallest absolute Gasteiger partial charge is 0.283 e. The normalized spacial score (nSPS) is 22.4. The van der Waals surface area contributed by atoms with Gasteiger partial charge in [0.1, 0.15) is 5.84 Å². The van der Waals surface area contributed by atoms with Gasteiger partial charge in [-0.1, -0.05) is 54.1 Å². The number of aliphatic hydroxyl groups excluding tert-OH is 1. The second kappa shape index (κ2) is 7.89. The molecule has 148 valence electrons. The third-order valence-electron chi connectivity index (χ3n) is 5.37. The summed E-state index contributed by atoms with van der Waals surface area (Å²) in [5, 5.41) is 11.2. The Kier molecular flexibility index (Phi) is 5.72. The van der Waals surface area contributed by atoms with Crippen LogP contribution >= 0.6 is 0 Å². The maximum absolute atomic E-state index is 13.0. The van der Waals surface area contributed by atoms with Gasteiger partial charge in [0.15, 0.2) is 0 Å². The number of hydrogen-bond donors (Lipinski definition) is 1. The highest BCUT2D eigenvalue weighted by molar-refractivity contribution is 7.90. The topological polar surface area (TPSA) is 70.0 Å². The molecule has 2 atom stereocenters. The molecule has 3 rings (SSSR count). The fourth-order valence-corrected chi connectivity index (χ4v) is 4.91. The van der Waals surface area contributed by atoms with Crippen molar-refractivity contribution in [1.29, 1.82) is 0 Å². The number of nitrogens with zero attached hydrogens (tertiary/aromatic N) is 2. The van der Waals surface area contributed by atoms with Crippen molar-refractivity contribution in [2.24, 2.45) is 9.81 Å². The van der Waals surface area contributed by atoms with E-state index in [4.69, 9.17) is 0 Å². The molecule has 0 radical (unpaired) electrons. The van der Waals surface area contributed by atoms with Gasteiger partial charge >= 0.3 is 0 Å². The van der Waals surface area contributed by atoms with E-state index in [2.05, 4.69) is 11.0 Å². The van der Waals surface area contributed by atoms with Crippen molar-refractivity contribution in [3.05, 3.63) is 78.4 Å². The minimum absolute atomic E-state index is 0.146. The van der Waals surface area contributed by atoms with Crippen LogP contribution in [-0.4, -0.2) is 37.9 Å². The number of aliphatic hydroxyl groups is 1. The fraction of sp³-hybridized carbons (Fsp3) is 0.318. The summed E-state index contributed by atoms with van der Waals surface area (Å²) in [6.45, 7) is 6.35. The zero-order valence-electron chi connectivity index (χ0n) is 16.2. The molecule has 2 aromatic carbocycles. The molecule has 0 bridgehead atoms. The summed E-state index contributed by atoms with van der Waals surface area (Å²) in [5.74, 6) is 0.379. The molecule has 0 aromatic heterocycles. The standard InChI is InChI=1S/C22H26N2O3S/c1-4-14-22(20(25)18-8-6-5-7-9-18)15-16-24(3)21(22)23-28(26,27)19-12-10-17(2)11-13-19/h4-13,20,25H,1,14-16H2,2-3H3/b23-21-/t20-,22+/m1/s1. The van der Waals surface area contributed by atoms with E-state index >= 15 is 0 Å². The van der Waals surface area contributed by atoms with Crippen LogP contribution in [-0.2, 0) is 10.0 Å². The molecule has 1 saturated heterocycles. The van der Waals surface area contributed by atoms with E-state index in [9.17, 15) is 13.5 Å². The molecule has 0 spiro atoms. The highest BCUT2D eigenvalue weighted by Gasteiger charge is 2.49. The third kappa shape index (κ3) is 3.75. The molecule has 0 aliphatic carbocycles. The van der Waals surface area contributed by atoms with Crippen molar-refractivity contribution < 1.29 is 13.5 Å². The number of aryl methyl sites for hydroxylation is 1. The Labute approximate surface area is 167 Å². The van der Waals surface area contributed by atoms with E-state index in [0.29, 0.717) is 25.2 Å². The number of hydrogen-bond acceptors (Lipinski definition) is 3. The number of sulfonamides is 1. The first-order valence-corrected chi connectivity index (χ1v) is 10.7. The highest BCUT2D eigenvalue weighted by Crippen LogP contribution is 2.47. The van der Waals surface area contributed by atoms with E-state index in [-0.39, 0.29) is 4.90 Å². The van der Waals surface area contributed by atoms with Crippen LogP contribution in [0.4, 0.5) is 0 Å². The molecule has 1 fully saturated rings. The molecule has 0 saturated carbocycles. The van der Waals surface area contributed by atoms with E-state index in [0.717, 1.165) is 11.1 Å². The lowest BCUT2D eigenvalue weighted by molar-refractivity contribution is 0.0746. The van der Waals surface area contributed by atoms with Crippen molar-refractivity contribution >= 4 is 15.9 Å². The monoisotopic (exact) mass is 398 g/mol. The van der Waals surface area contributed by atoms with Crippen molar-refractivity contribution in [2.75, 3.05) is 13.6 Å². The molecule has 0 amide bonds. The van der Waals surface area contributed by atoms with Crippen molar-refractivity contribution in [3.63, 3.8) is 0 Å². The molecule has 1 aliphatic rings. The number of likely N-dealkylation sites (tertiary alicyclic amines) is 1. The van der Waals surface area contributed by atoms with E-state index < -0.39 is 21.5 Å². The maximum atomic E-state index is 13.0. The molecule has 28 heavy (non-hydrogen) atoms. The van der Waals surface area contributed by atoms with Gasteiger partial charge in [-0.05, 0) is 37.5 Å². The van der Waals surface area contributed by atoms with Gasteiger partial charge in [0.2, 0.25) is 0 Å². The minimum atomic E-state index is -3.90. The fourth-order valence-electron chi connectivity index (χ4n) is 3.78. The summed E-state index contributed by atoms with van der Waals surface area (Å²) in [6, 6.07) is 15.9. The van der Waals surface area contributed by atoms with Gasteiger partial charge in [-0.3, -0.25) is 0 Å². The molecular formula is C22H26N2O3S. The average molecular weight is 399 g/mol. The van der Waals surface area contributed by atoms with Crippen LogP contribution in [0.25, 0.3) is 0 Å². The minimum Gasteiger partial charge on any atom is -0.387 e. The Hall–Kier alpha value is -2.44. The second-order valence-electron chi connectivity index (χ2n) is 7.34. The summed E-state index contributed by atoms with van der Waals surface area (Å²) < 4.78 is 30.2. The van der Waals surface area contributed by atoms with E-state index in [1.165, 1.54) is 0 Å². The van der Waals surface area contributed by atoms with E-state index in [1.807, 2.05) is 49.2 Å². The summed E-state index contributed by atoms with van der Waals surface area (Å²) in [5.41, 5.74) is 0.875. The van der Waals surface area contributed by atoms with Gasteiger partial charge in [-0.25, -0.2) is 0 Å². The lowest BCUT2D eigenvalue weighted by atomic mass is 9.74. The van der Waals surface area contributed by atoms with Crippen LogP contribution < -0.4 is 0 Å². The lowest BCUT2D eigenvalue weighted by Gasteiger charge is -2.34.